The lowest BCUT2D eigenvalue weighted by Gasteiger charge is -2.21. The summed E-state index contributed by atoms with van der Waals surface area (Å²) in [6.07, 6.45) is 6.86. The molecule has 0 bridgehead atoms. The van der Waals surface area contributed by atoms with E-state index in [0.29, 0.717) is 13.0 Å². The number of nitrogens with two attached hydrogens (primary N) is 1. The minimum atomic E-state index is 0.0582. The van der Waals surface area contributed by atoms with Crippen LogP contribution in [0.3, 0.4) is 0 Å². The van der Waals surface area contributed by atoms with Gasteiger partial charge < -0.3 is 15.7 Å². The summed E-state index contributed by atoms with van der Waals surface area (Å²) in [4.78, 5) is 13.6. The zero-order chi connectivity index (χ0) is 12.9. The quantitative estimate of drug-likeness (QED) is 0.541. The second kappa shape index (κ2) is 11.9. The van der Waals surface area contributed by atoms with E-state index in [0.717, 1.165) is 51.6 Å². The summed E-state index contributed by atoms with van der Waals surface area (Å²) in [6, 6.07) is 0. The van der Waals surface area contributed by atoms with E-state index in [-0.39, 0.29) is 12.5 Å². The molecule has 0 saturated carbocycles. The Morgan fingerprint density at radius 3 is 2.41 bits per heavy atom. The minimum absolute atomic E-state index is 0.0582. The number of hydrogen-bond donors (Lipinski definition) is 2. The fourth-order valence-electron chi connectivity index (χ4n) is 1.76. The molecule has 0 saturated heterocycles. The maximum atomic E-state index is 11.9. The maximum absolute atomic E-state index is 11.9. The number of unbranched alkanes of at least 4 members (excludes halogenated alkanes) is 4. The molecule has 4 nitrogen and oxygen atoms in total. The lowest BCUT2D eigenvalue weighted by molar-refractivity contribution is -0.131. The first kappa shape index (κ1) is 16.4. The normalized spacial score (nSPS) is 10.5. The van der Waals surface area contributed by atoms with E-state index in [1.54, 1.807) is 4.90 Å². The highest BCUT2D eigenvalue weighted by molar-refractivity contribution is 5.76. The topological polar surface area (TPSA) is 66.6 Å². The first-order valence-corrected chi connectivity index (χ1v) is 6.85. The number of carbonyl (C=O) groups excluding carboxylic acids is 1. The van der Waals surface area contributed by atoms with E-state index in [1.165, 1.54) is 0 Å². The molecule has 0 radical (unpaired) electrons. The van der Waals surface area contributed by atoms with E-state index < -0.39 is 0 Å². The van der Waals surface area contributed by atoms with Crippen molar-refractivity contribution in [3.63, 3.8) is 0 Å². The van der Waals surface area contributed by atoms with Gasteiger partial charge in [-0.25, -0.2) is 0 Å². The molecular weight excluding hydrogens is 216 g/mol. The fourth-order valence-corrected chi connectivity index (χ4v) is 1.76. The number of rotatable bonds is 11. The third kappa shape index (κ3) is 9.12. The van der Waals surface area contributed by atoms with Gasteiger partial charge in [0, 0.05) is 19.5 Å². The van der Waals surface area contributed by atoms with Gasteiger partial charge in [-0.05, 0) is 25.8 Å². The molecule has 0 heterocycles. The fraction of sp³-hybridized carbons (Fsp3) is 0.923. The Morgan fingerprint density at radius 2 is 1.82 bits per heavy atom. The molecule has 102 valence electrons. The Bertz CT molecular complexity index is 186. The lowest BCUT2D eigenvalue weighted by Crippen LogP contribution is -2.34. The van der Waals surface area contributed by atoms with Crippen LogP contribution in [-0.2, 0) is 4.79 Å². The number of nitrogens with zero attached hydrogens (tertiary/aromatic N) is 1. The maximum Gasteiger partial charge on any atom is 0.222 e. The van der Waals surface area contributed by atoms with Crippen LogP contribution in [0.4, 0.5) is 0 Å². The first-order chi connectivity index (χ1) is 8.26. The van der Waals surface area contributed by atoms with Gasteiger partial charge in [0.05, 0.1) is 6.61 Å². The molecule has 3 N–H and O–H groups in total. The highest BCUT2D eigenvalue weighted by atomic mass is 16.3. The van der Waals surface area contributed by atoms with Crippen LogP contribution >= 0.6 is 0 Å². The molecule has 0 rings (SSSR count). The molecule has 0 aromatic heterocycles. The lowest BCUT2D eigenvalue weighted by atomic mass is 10.1. The van der Waals surface area contributed by atoms with Crippen LogP contribution in [0.2, 0.25) is 0 Å². The second-order valence-electron chi connectivity index (χ2n) is 4.41. The van der Waals surface area contributed by atoms with Crippen LogP contribution < -0.4 is 5.73 Å². The van der Waals surface area contributed by atoms with Gasteiger partial charge in [-0.15, -0.1) is 0 Å². The summed E-state index contributed by atoms with van der Waals surface area (Å²) in [7, 11) is 0. The van der Waals surface area contributed by atoms with Crippen LogP contribution in [0.25, 0.3) is 0 Å². The number of aliphatic hydroxyl groups is 1. The monoisotopic (exact) mass is 244 g/mol. The Morgan fingerprint density at radius 1 is 1.12 bits per heavy atom. The third-order valence-corrected chi connectivity index (χ3v) is 2.85. The zero-order valence-electron chi connectivity index (χ0n) is 11.2. The summed E-state index contributed by atoms with van der Waals surface area (Å²) < 4.78 is 0. The van der Waals surface area contributed by atoms with Crippen LogP contribution in [0.1, 0.15) is 51.9 Å². The molecule has 0 aliphatic carbocycles. The van der Waals surface area contributed by atoms with Crippen LogP contribution in [0, 0.1) is 0 Å². The molecule has 0 aromatic carbocycles. The van der Waals surface area contributed by atoms with Crippen molar-refractivity contribution in [3.8, 4) is 0 Å². The number of carbonyl (C=O) groups is 1. The van der Waals surface area contributed by atoms with Crippen molar-refractivity contribution in [2.45, 2.75) is 51.9 Å². The summed E-state index contributed by atoms with van der Waals surface area (Å²) in [5, 5.41) is 8.92. The number of amides is 1. The van der Waals surface area contributed by atoms with Crippen molar-refractivity contribution >= 4 is 5.91 Å². The predicted octanol–water partition coefficient (Wildman–Crippen LogP) is 1.52. The molecule has 0 atom stereocenters. The summed E-state index contributed by atoms with van der Waals surface area (Å²) in [5.41, 5.74) is 5.41. The van der Waals surface area contributed by atoms with Gasteiger partial charge in [-0.2, -0.15) is 0 Å². The SMILES string of the molecule is CCCCN(CCO)C(=O)CCCCCCN. The first-order valence-electron chi connectivity index (χ1n) is 6.85. The Balaban J connectivity index is 3.72. The van der Waals surface area contributed by atoms with Gasteiger partial charge in [-0.3, -0.25) is 4.79 Å². The molecule has 0 aliphatic heterocycles. The average molecular weight is 244 g/mol. The number of aliphatic hydroxyl groups excluding tert-OH is 1. The van der Waals surface area contributed by atoms with Gasteiger partial charge in [0.25, 0.3) is 0 Å². The highest BCUT2D eigenvalue weighted by Crippen LogP contribution is 2.06. The van der Waals surface area contributed by atoms with Gasteiger partial charge in [0.1, 0.15) is 0 Å². The van der Waals surface area contributed by atoms with E-state index in [1.807, 2.05) is 0 Å². The van der Waals surface area contributed by atoms with E-state index in [9.17, 15) is 4.79 Å². The van der Waals surface area contributed by atoms with Crippen LogP contribution in [0.5, 0.6) is 0 Å². The van der Waals surface area contributed by atoms with Crippen LogP contribution in [-0.4, -0.2) is 42.2 Å². The Kier molecular flexibility index (Phi) is 11.4. The van der Waals surface area contributed by atoms with E-state index in [4.69, 9.17) is 10.8 Å². The van der Waals surface area contributed by atoms with Crippen LogP contribution in [0.15, 0.2) is 0 Å². The molecule has 0 aliphatic rings. The van der Waals surface area contributed by atoms with Crippen molar-refractivity contribution < 1.29 is 9.90 Å². The standard InChI is InChI=1S/C13H28N2O2/c1-2-3-10-15(11-12-16)13(17)8-6-4-5-7-9-14/h16H,2-12,14H2,1H3. The largest absolute Gasteiger partial charge is 0.395 e. The third-order valence-electron chi connectivity index (χ3n) is 2.85. The molecular formula is C13H28N2O2. The summed E-state index contributed by atoms with van der Waals surface area (Å²) >= 11 is 0. The summed E-state index contributed by atoms with van der Waals surface area (Å²) in [5.74, 6) is 0.181. The average Bonchev–Trinajstić information content (AvgIpc) is 2.34. The van der Waals surface area contributed by atoms with Crippen molar-refractivity contribution in [1.29, 1.82) is 0 Å². The molecule has 0 spiro atoms. The molecule has 0 unspecified atom stereocenters. The van der Waals surface area contributed by atoms with Gasteiger partial charge in [0.2, 0.25) is 5.91 Å². The Labute approximate surface area is 105 Å². The van der Waals surface area contributed by atoms with Gasteiger partial charge in [0.15, 0.2) is 0 Å². The second-order valence-corrected chi connectivity index (χ2v) is 4.41. The smallest absolute Gasteiger partial charge is 0.222 e. The Hall–Kier alpha value is -0.610. The molecule has 0 fully saturated rings. The van der Waals surface area contributed by atoms with Crippen molar-refractivity contribution in [1.82, 2.24) is 4.90 Å². The highest BCUT2D eigenvalue weighted by Gasteiger charge is 2.11. The summed E-state index contributed by atoms with van der Waals surface area (Å²) in [6.45, 7) is 4.15. The minimum Gasteiger partial charge on any atom is -0.395 e. The van der Waals surface area contributed by atoms with Gasteiger partial charge in [-0.1, -0.05) is 26.2 Å². The molecule has 0 aromatic rings. The van der Waals surface area contributed by atoms with Crippen molar-refractivity contribution in [2.24, 2.45) is 5.73 Å². The van der Waals surface area contributed by atoms with Crippen molar-refractivity contribution in [2.75, 3.05) is 26.2 Å². The molecule has 17 heavy (non-hydrogen) atoms. The van der Waals surface area contributed by atoms with E-state index >= 15 is 0 Å². The predicted molar refractivity (Wildman–Crippen MR) is 70.7 cm³/mol. The van der Waals surface area contributed by atoms with Crippen molar-refractivity contribution in [3.05, 3.63) is 0 Å². The van der Waals surface area contributed by atoms with Gasteiger partial charge >= 0.3 is 0 Å². The van der Waals surface area contributed by atoms with E-state index in [2.05, 4.69) is 6.92 Å². The molecule has 4 heteroatoms. The molecule has 1 amide bonds. The zero-order valence-corrected chi connectivity index (χ0v) is 11.2. The number of hydrogen-bond acceptors (Lipinski definition) is 3.